The fraction of sp³-hybridized carbons (Fsp3) is 0.222. The lowest BCUT2D eigenvalue weighted by Crippen LogP contribution is -2.31. The number of hydrogen-bond donors (Lipinski definition) is 1. The van der Waals surface area contributed by atoms with E-state index in [-0.39, 0.29) is 35.0 Å². The molecule has 2 N–H and O–H groups in total. The Morgan fingerprint density at radius 3 is 2.72 bits per heavy atom. The number of halogens is 1. The molecule has 0 fully saturated rings. The molecular weight excluding hydrogens is 329 g/mol. The van der Waals surface area contributed by atoms with E-state index < -0.39 is 23.3 Å². The molecule has 1 aliphatic heterocycles. The molecule has 0 radical (unpaired) electrons. The van der Waals surface area contributed by atoms with Crippen LogP contribution in [0.5, 0.6) is 5.75 Å². The second kappa shape index (κ2) is 6.43. The third-order valence-electron chi connectivity index (χ3n) is 3.80. The molecule has 1 aliphatic rings. The summed E-state index contributed by atoms with van der Waals surface area (Å²) in [6.45, 7) is 3.43. The molecule has 0 saturated heterocycles. The normalized spacial score (nSPS) is 16.2. The number of carbonyl (C=O) groups is 1. The van der Waals surface area contributed by atoms with Crippen LogP contribution in [0.25, 0.3) is 0 Å². The molecular formula is C18H16FNO5. The fourth-order valence-corrected chi connectivity index (χ4v) is 2.84. The first-order chi connectivity index (χ1) is 11.9. The minimum atomic E-state index is -0.996. The fourth-order valence-electron chi connectivity index (χ4n) is 2.84. The van der Waals surface area contributed by atoms with Gasteiger partial charge in [0.25, 0.3) is 5.91 Å². The van der Waals surface area contributed by atoms with E-state index in [1.165, 1.54) is 24.3 Å². The van der Waals surface area contributed by atoms with Gasteiger partial charge in [-0.05, 0) is 19.9 Å². The molecule has 0 bridgehead atoms. The standard InChI is InChI=1S/C18H16FNO5/c1-3-23-15-13(10-6-4-5-7-11(10)19)14-12(25-16(15)17(20)21)8-9(2)24-18(14)22/h4-8,13H,3H2,1-2H3,(H2,20,21). The van der Waals surface area contributed by atoms with Gasteiger partial charge < -0.3 is 19.6 Å². The molecule has 7 heteroatoms. The van der Waals surface area contributed by atoms with E-state index in [2.05, 4.69) is 0 Å². The number of ether oxygens (including phenoxy) is 2. The Morgan fingerprint density at radius 2 is 2.08 bits per heavy atom. The highest BCUT2D eigenvalue weighted by molar-refractivity contribution is 5.92. The van der Waals surface area contributed by atoms with Crippen LogP contribution >= 0.6 is 0 Å². The Labute approximate surface area is 142 Å². The van der Waals surface area contributed by atoms with Crippen LogP contribution in [0, 0.1) is 12.7 Å². The van der Waals surface area contributed by atoms with Gasteiger partial charge in [-0.1, -0.05) is 18.2 Å². The van der Waals surface area contributed by atoms with Gasteiger partial charge in [0.15, 0.2) is 5.76 Å². The van der Waals surface area contributed by atoms with Crippen LogP contribution in [0.2, 0.25) is 0 Å². The van der Waals surface area contributed by atoms with Crippen molar-refractivity contribution in [3.05, 3.63) is 75.0 Å². The molecule has 25 heavy (non-hydrogen) atoms. The van der Waals surface area contributed by atoms with E-state index in [4.69, 9.17) is 19.6 Å². The van der Waals surface area contributed by atoms with Crippen molar-refractivity contribution in [1.29, 1.82) is 0 Å². The summed E-state index contributed by atoms with van der Waals surface area (Å²) in [5, 5.41) is 0. The molecule has 1 aromatic heterocycles. The van der Waals surface area contributed by atoms with Crippen molar-refractivity contribution >= 4 is 5.91 Å². The predicted octanol–water partition coefficient (Wildman–Crippen LogP) is 2.35. The predicted molar refractivity (Wildman–Crippen MR) is 86.4 cm³/mol. The van der Waals surface area contributed by atoms with Crippen LogP contribution in [-0.4, -0.2) is 12.5 Å². The maximum absolute atomic E-state index is 14.5. The van der Waals surface area contributed by atoms with Crippen LogP contribution < -0.4 is 16.1 Å². The summed E-state index contributed by atoms with van der Waals surface area (Å²) < 4.78 is 30.6. The number of primary amides is 1. The number of allylic oxidation sites excluding steroid dienone is 1. The van der Waals surface area contributed by atoms with Crippen molar-refractivity contribution in [2.24, 2.45) is 5.73 Å². The minimum absolute atomic E-state index is 0.0104. The average molecular weight is 345 g/mol. The first kappa shape index (κ1) is 16.8. The summed E-state index contributed by atoms with van der Waals surface area (Å²) in [4.78, 5) is 24.3. The van der Waals surface area contributed by atoms with E-state index in [0.29, 0.717) is 5.76 Å². The highest BCUT2D eigenvalue weighted by atomic mass is 19.1. The zero-order chi connectivity index (χ0) is 18.1. The van der Waals surface area contributed by atoms with Gasteiger partial charge in [0, 0.05) is 11.6 Å². The van der Waals surface area contributed by atoms with Crippen molar-refractivity contribution < 1.29 is 23.1 Å². The molecule has 1 atom stereocenters. The lowest BCUT2D eigenvalue weighted by atomic mass is 9.87. The molecule has 0 aliphatic carbocycles. The van der Waals surface area contributed by atoms with E-state index in [0.717, 1.165) is 0 Å². The van der Waals surface area contributed by atoms with Crippen molar-refractivity contribution in [2.75, 3.05) is 6.61 Å². The van der Waals surface area contributed by atoms with Gasteiger partial charge in [0.05, 0.1) is 18.1 Å². The largest absolute Gasteiger partial charge is 0.493 e. The van der Waals surface area contributed by atoms with Gasteiger partial charge in [0.1, 0.15) is 17.3 Å². The number of nitrogens with two attached hydrogens (primary N) is 1. The van der Waals surface area contributed by atoms with Crippen molar-refractivity contribution in [3.63, 3.8) is 0 Å². The first-order valence-electron chi connectivity index (χ1n) is 7.67. The maximum Gasteiger partial charge on any atom is 0.343 e. The van der Waals surface area contributed by atoms with Gasteiger partial charge in [-0.15, -0.1) is 0 Å². The van der Waals surface area contributed by atoms with E-state index >= 15 is 0 Å². The number of carbonyl (C=O) groups excluding carboxylic acids is 1. The number of aryl methyl sites for hydroxylation is 1. The highest BCUT2D eigenvalue weighted by Crippen LogP contribution is 2.42. The number of rotatable bonds is 4. The number of fused-ring (bicyclic) bond motifs is 1. The Balaban J connectivity index is 2.36. The number of amides is 1. The molecule has 0 spiro atoms. The van der Waals surface area contributed by atoms with E-state index in [1.807, 2.05) is 0 Å². The quantitative estimate of drug-likeness (QED) is 0.918. The first-order valence-corrected chi connectivity index (χ1v) is 7.67. The molecule has 1 aromatic carbocycles. The number of hydrogen-bond acceptors (Lipinski definition) is 5. The molecule has 6 nitrogen and oxygen atoms in total. The summed E-state index contributed by atoms with van der Waals surface area (Å²) in [6, 6.07) is 7.36. The zero-order valence-electron chi connectivity index (χ0n) is 13.7. The molecule has 1 unspecified atom stereocenters. The van der Waals surface area contributed by atoms with Crippen LogP contribution in [0.1, 0.15) is 29.7 Å². The van der Waals surface area contributed by atoms with Crippen molar-refractivity contribution in [3.8, 4) is 5.75 Å². The summed E-state index contributed by atoms with van der Waals surface area (Å²) in [5.74, 6) is -2.30. The van der Waals surface area contributed by atoms with Crippen LogP contribution in [0.3, 0.4) is 0 Å². The Kier molecular flexibility index (Phi) is 4.31. The molecule has 130 valence electrons. The minimum Gasteiger partial charge on any atom is -0.493 e. The van der Waals surface area contributed by atoms with Gasteiger partial charge in [-0.25, -0.2) is 9.18 Å². The van der Waals surface area contributed by atoms with E-state index in [1.54, 1.807) is 19.9 Å². The monoisotopic (exact) mass is 345 g/mol. The second-order valence-corrected chi connectivity index (χ2v) is 5.47. The van der Waals surface area contributed by atoms with Gasteiger partial charge in [0.2, 0.25) is 5.76 Å². The Morgan fingerprint density at radius 1 is 1.36 bits per heavy atom. The summed E-state index contributed by atoms with van der Waals surface area (Å²) in [7, 11) is 0. The smallest absolute Gasteiger partial charge is 0.343 e. The molecule has 0 saturated carbocycles. The number of benzene rings is 1. The SMILES string of the molecule is CCOC1=C(C(N)=O)Oc2cc(C)oc(=O)c2C1c1ccccc1F. The van der Waals surface area contributed by atoms with Crippen LogP contribution in [0.15, 0.2) is 51.1 Å². The van der Waals surface area contributed by atoms with Crippen LogP contribution in [-0.2, 0) is 9.53 Å². The lowest BCUT2D eigenvalue weighted by Gasteiger charge is -2.28. The van der Waals surface area contributed by atoms with E-state index in [9.17, 15) is 14.0 Å². The molecule has 1 amide bonds. The second-order valence-electron chi connectivity index (χ2n) is 5.47. The van der Waals surface area contributed by atoms with Gasteiger partial charge in [-0.3, -0.25) is 4.79 Å². The Hall–Kier alpha value is -3.09. The molecule has 2 heterocycles. The van der Waals surface area contributed by atoms with Gasteiger partial charge in [-0.2, -0.15) is 0 Å². The maximum atomic E-state index is 14.5. The molecule has 2 aromatic rings. The lowest BCUT2D eigenvalue weighted by molar-refractivity contribution is -0.117. The topological polar surface area (TPSA) is 91.8 Å². The summed E-state index contributed by atoms with van der Waals surface area (Å²) >= 11 is 0. The zero-order valence-corrected chi connectivity index (χ0v) is 13.7. The third kappa shape index (κ3) is 2.88. The van der Waals surface area contributed by atoms with Crippen LogP contribution in [0.4, 0.5) is 4.39 Å². The summed E-state index contributed by atoms with van der Waals surface area (Å²) in [6.07, 6.45) is 0. The Bertz CT molecular complexity index is 931. The van der Waals surface area contributed by atoms with Crippen molar-refractivity contribution in [2.45, 2.75) is 19.8 Å². The average Bonchev–Trinajstić information content (AvgIpc) is 2.55. The third-order valence-corrected chi connectivity index (χ3v) is 3.80. The highest BCUT2D eigenvalue weighted by Gasteiger charge is 2.39. The van der Waals surface area contributed by atoms with Crippen molar-refractivity contribution in [1.82, 2.24) is 0 Å². The van der Waals surface area contributed by atoms with Gasteiger partial charge >= 0.3 is 5.63 Å². The summed E-state index contributed by atoms with van der Waals surface area (Å²) in [5.41, 5.74) is 4.93. The molecule has 3 rings (SSSR count).